The predicted octanol–water partition coefficient (Wildman–Crippen LogP) is 1.55. The third-order valence-electron chi connectivity index (χ3n) is 4.86. The van der Waals surface area contributed by atoms with Crippen molar-refractivity contribution in [2.24, 2.45) is 7.05 Å². The Kier molecular flexibility index (Phi) is 4.62. The second kappa shape index (κ2) is 7.22. The van der Waals surface area contributed by atoms with E-state index in [9.17, 15) is 9.59 Å². The van der Waals surface area contributed by atoms with E-state index in [-0.39, 0.29) is 17.9 Å². The summed E-state index contributed by atoms with van der Waals surface area (Å²) in [6.45, 7) is 0. The number of nitrogens with one attached hydrogen (secondary N) is 4. The summed E-state index contributed by atoms with van der Waals surface area (Å²) in [4.78, 5) is 24.9. The lowest BCUT2D eigenvalue weighted by molar-refractivity contribution is -0.123. The molecule has 2 unspecified atom stereocenters. The number of carbonyl (C=O) groups excluding carboxylic acids is 2. The van der Waals surface area contributed by atoms with Crippen LogP contribution in [0.3, 0.4) is 0 Å². The topological polar surface area (TPSA) is 87.2 Å². The largest absolute Gasteiger partial charge is 0.350 e. The third kappa shape index (κ3) is 3.42. The van der Waals surface area contributed by atoms with Crippen molar-refractivity contribution in [1.82, 2.24) is 26.3 Å². The molecule has 2 atom stereocenters. The fourth-order valence-corrected chi connectivity index (χ4v) is 3.43. The molecule has 2 aromatic carbocycles. The first kappa shape index (κ1) is 17.3. The molecule has 1 saturated heterocycles. The molecule has 0 spiro atoms. The van der Waals surface area contributed by atoms with E-state index in [1.807, 2.05) is 66.2 Å². The molecule has 0 bridgehead atoms. The molecule has 0 aliphatic carbocycles. The normalized spacial score (nSPS) is 19.1. The van der Waals surface area contributed by atoms with Gasteiger partial charge in [0.05, 0.1) is 5.56 Å². The van der Waals surface area contributed by atoms with Crippen molar-refractivity contribution < 1.29 is 9.59 Å². The molecule has 1 aromatic heterocycles. The fraction of sp³-hybridized carbons (Fsp3) is 0.200. The summed E-state index contributed by atoms with van der Waals surface area (Å²) in [6, 6.07) is 17.2. The number of amides is 2. The van der Waals surface area contributed by atoms with Gasteiger partial charge in [0, 0.05) is 30.2 Å². The summed E-state index contributed by atoms with van der Waals surface area (Å²) in [7, 11) is 1.88. The van der Waals surface area contributed by atoms with Crippen LogP contribution in [0.1, 0.15) is 28.4 Å². The maximum atomic E-state index is 12.5. The SMILES string of the molecule is Cn1cc(C(=O)NNC(=O)C2CC(c3ccccc3)NN2)c2ccccc21. The van der Waals surface area contributed by atoms with Gasteiger partial charge in [-0.15, -0.1) is 0 Å². The average Bonchev–Trinajstić information content (AvgIpc) is 3.32. The summed E-state index contributed by atoms with van der Waals surface area (Å²) in [6.07, 6.45) is 2.35. The molecule has 7 nitrogen and oxygen atoms in total. The van der Waals surface area contributed by atoms with Crippen LogP contribution in [0, 0.1) is 0 Å². The zero-order valence-corrected chi connectivity index (χ0v) is 14.9. The number of nitrogens with zero attached hydrogens (tertiary/aromatic N) is 1. The summed E-state index contributed by atoms with van der Waals surface area (Å²) in [5, 5.41) is 0.844. The van der Waals surface area contributed by atoms with Crippen molar-refractivity contribution in [3.63, 3.8) is 0 Å². The van der Waals surface area contributed by atoms with Gasteiger partial charge < -0.3 is 4.57 Å². The molecule has 0 saturated carbocycles. The molecule has 1 aliphatic heterocycles. The van der Waals surface area contributed by atoms with Gasteiger partial charge in [-0.05, 0) is 18.1 Å². The number of hydrogen-bond acceptors (Lipinski definition) is 4. The van der Waals surface area contributed by atoms with Crippen LogP contribution in [0.15, 0.2) is 60.8 Å². The van der Waals surface area contributed by atoms with Crippen molar-refractivity contribution in [2.45, 2.75) is 18.5 Å². The van der Waals surface area contributed by atoms with E-state index in [4.69, 9.17) is 0 Å². The van der Waals surface area contributed by atoms with Gasteiger partial charge in [0.15, 0.2) is 0 Å². The highest BCUT2D eigenvalue weighted by molar-refractivity contribution is 6.07. The van der Waals surface area contributed by atoms with Crippen LogP contribution in [0.5, 0.6) is 0 Å². The van der Waals surface area contributed by atoms with Gasteiger partial charge >= 0.3 is 0 Å². The van der Waals surface area contributed by atoms with Gasteiger partial charge in [0.2, 0.25) is 0 Å². The summed E-state index contributed by atoms with van der Waals surface area (Å²) in [5.74, 6) is -0.625. The minimum atomic E-state index is -0.428. The molecule has 2 amide bonds. The number of carbonyl (C=O) groups is 2. The standard InChI is InChI=1S/C20H21N5O2/c1-25-12-15(14-9-5-6-10-18(14)25)19(26)23-24-20(27)17-11-16(21-22-17)13-7-3-2-4-8-13/h2-10,12,16-17,21-22H,11H2,1H3,(H,23,26)(H,24,27). The fourth-order valence-electron chi connectivity index (χ4n) is 3.43. The lowest BCUT2D eigenvalue weighted by Crippen LogP contribution is -2.50. The molecule has 1 aliphatic rings. The van der Waals surface area contributed by atoms with Crippen LogP contribution in [-0.2, 0) is 11.8 Å². The van der Waals surface area contributed by atoms with E-state index in [2.05, 4.69) is 21.7 Å². The quantitative estimate of drug-likeness (QED) is 0.532. The lowest BCUT2D eigenvalue weighted by Gasteiger charge is -2.11. The van der Waals surface area contributed by atoms with Crippen molar-refractivity contribution >= 4 is 22.7 Å². The smallest absolute Gasteiger partial charge is 0.271 e. The van der Waals surface area contributed by atoms with Crippen LogP contribution in [0.2, 0.25) is 0 Å². The Bertz CT molecular complexity index is 982. The van der Waals surface area contributed by atoms with Crippen molar-refractivity contribution in [3.05, 3.63) is 71.9 Å². The van der Waals surface area contributed by atoms with Crippen LogP contribution < -0.4 is 21.7 Å². The molecular formula is C20H21N5O2. The first-order chi connectivity index (χ1) is 13.1. The number of hydrogen-bond donors (Lipinski definition) is 4. The molecule has 4 N–H and O–H groups in total. The molecule has 0 radical (unpaired) electrons. The summed E-state index contributed by atoms with van der Waals surface area (Å²) < 4.78 is 1.89. The minimum Gasteiger partial charge on any atom is -0.350 e. The Labute approximate surface area is 156 Å². The second-order valence-electron chi connectivity index (χ2n) is 6.65. The number of aryl methyl sites for hydroxylation is 1. The van der Waals surface area contributed by atoms with Crippen LogP contribution in [-0.4, -0.2) is 22.4 Å². The van der Waals surface area contributed by atoms with Gasteiger partial charge in [-0.25, -0.2) is 10.9 Å². The van der Waals surface area contributed by atoms with Gasteiger partial charge in [-0.1, -0.05) is 48.5 Å². The van der Waals surface area contributed by atoms with E-state index < -0.39 is 6.04 Å². The lowest BCUT2D eigenvalue weighted by atomic mass is 10.0. The summed E-state index contributed by atoms with van der Waals surface area (Å²) in [5.41, 5.74) is 13.7. The van der Waals surface area contributed by atoms with E-state index in [1.54, 1.807) is 6.20 Å². The number of benzene rings is 2. The molecule has 1 fully saturated rings. The van der Waals surface area contributed by atoms with E-state index in [0.29, 0.717) is 12.0 Å². The maximum Gasteiger partial charge on any atom is 0.271 e. The predicted molar refractivity (Wildman–Crippen MR) is 102 cm³/mol. The number of rotatable bonds is 3. The zero-order valence-electron chi connectivity index (χ0n) is 14.9. The first-order valence-corrected chi connectivity index (χ1v) is 8.84. The van der Waals surface area contributed by atoms with Crippen LogP contribution in [0.4, 0.5) is 0 Å². The van der Waals surface area contributed by atoms with Crippen LogP contribution >= 0.6 is 0 Å². The molecular weight excluding hydrogens is 342 g/mol. The average molecular weight is 363 g/mol. The van der Waals surface area contributed by atoms with Gasteiger partial charge in [-0.2, -0.15) is 0 Å². The third-order valence-corrected chi connectivity index (χ3v) is 4.86. The Morgan fingerprint density at radius 2 is 1.74 bits per heavy atom. The minimum absolute atomic E-state index is 0.0516. The van der Waals surface area contributed by atoms with Crippen molar-refractivity contribution in [1.29, 1.82) is 0 Å². The van der Waals surface area contributed by atoms with E-state index in [0.717, 1.165) is 16.5 Å². The highest BCUT2D eigenvalue weighted by Gasteiger charge is 2.30. The zero-order chi connectivity index (χ0) is 18.8. The first-order valence-electron chi connectivity index (χ1n) is 8.84. The van der Waals surface area contributed by atoms with Crippen LogP contribution in [0.25, 0.3) is 10.9 Å². The molecule has 2 heterocycles. The molecule has 27 heavy (non-hydrogen) atoms. The molecule has 138 valence electrons. The number of hydrazine groups is 2. The van der Waals surface area contributed by atoms with Gasteiger partial charge in [0.1, 0.15) is 6.04 Å². The van der Waals surface area contributed by atoms with E-state index in [1.165, 1.54) is 0 Å². The number of fused-ring (bicyclic) bond motifs is 1. The highest BCUT2D eigenvalue weighted by Crippen LogP contribution is 2.22. The molecule has 3 aromatic rings. The molecule has 7 heteroatoms. The van der Waals surface area contributed by atoms with Gasteiger partial charge in [-0.3, -0.25) is 20.4 Å². The van der Waals surface area contributed by atoms with E-state index >= 15 is 0 Å². The Morgan fingerprint density at radius 1 is 1.00 bits per heavy atom. The Balaban J connectivity index is 1.37. The van der Waals surface area contributed by atoms with Gasteiger partial charge in [0.25, 0.3) is 11.8 Å². The number of para-hydroxylation sites is 1. The Hall–Kier alpha value is -3.16. The second-order valence-corrected chi connectivity index (χ2v) is 6.65. The summed E-state index contributed by atoms with van der Waals surface area (Å²) >= 11 is 0. The monoisotopic (exact) mass is 363 g/mol. The number of aromatic nitrogens is 1. The van der Waals surface area contributed by atoms with Crippen molar-refractivity contribution in [3.8, 4) is 0 Å². The molecule has 4 rings (SSSR count). The Morgan fingerprint density at radius 3 is 2.56 bits per heavy atom. The highest BCUT2D eigenvalue weighted by atomic mass is 16.2. The maximum absolute atomic E-state index is 12.5. The van der Waals surface area contributed by atoms with Crippen molar-refractivity contribution in [2.75, 3.05) is 0 Å².